The molecule has 2 aromatic carbocycles. The lowest BCUT2D eigenvalue weighted by molar-refractivity contribution is -0.0424. The Morgan fingerprint density at radius 1 is 0.895 bits per heavy atom. The van der Waals surface area contributed by atoms with Crippen LogP contribution in [0.3, 0.4) is 0 Å². The predicted octanol–water partition coefficient (Wildman–Crippen LogP) is 8.70. The Hall–Kier alpha value is -1.91. The van der Waals surface area contributed by atoms with Gasteiger partial charge in [-0.15, -0.1) is 0 Å². The highest BCUT2D eigenvalue weighted by atomic mass is 79.9. The van der Waals surface area contributed by atoms with Crippen molar-refractivity contribution in [1.29, 1.82) is 0 Å². The van der Waals surface area contributed by atoms with Crippen molar-refractivity contribution in [3.63, 3.8) is 0 Å². The van der Waals surface area contributed by atoms with E-state index in [0.29, 0.717) is 16.7 Å². The topological polar surface area (TPSA) is 35.8 Å². The zero-order valence-corrected chi connectivity index (χ0v) is 24.4. The van der Waals surface area contributed by atoms with E-state index in [0.717, 1.165) is 41.5 Å². The number of benzene rings is 2. The highest BCUT2D eigenvalue weighted by Gasteiger charge is 2.59. The minimum atomic E-state index is -0.123. The summed E-state index contributed by atoms with van der Waals surface area (Å²) < 4.78 is 1.11. The van der Waals surface area contributed by atoms with E-state index in [1.54, 1.807) is 5.57 Å². The normalized spacial score (nSPS) is 40.2. The molecule has 1 unspecified atom stereocenters. The molecule has 8 atom stereocenters. The molecular formula is C34H41BrN2O. The molecule has 4 aliphatic carbocycles. The molecule has 0 amide bonds. The fourth-order valence-corrected chi connectivity index (χ4v) is 9.96. The largest absolute Gasteiger partial charge is 0.393 e. The molecule has 4 heteroatoms. The number of aliphatic hydroxyl groups is 1. The van der Waals surface area contributed by atoms with Crippen LogP contribution in [0.5, 0.6) is 0 Å². The van der Waals surface area contributed by atoms with Crippen LogP contribution in [-0.4, -0.2) is 16.9 Å². The van der Waals surface area contributed by atoms with Crippen LogP contribution in [-0.2, 0) is 0 Å². The van der Waals surface area contributed by atoms with Crippen LogP contribution in [0.15, 0.2) is 75.8 Å². The van der Waals surface area contributed by atoms with Gasteiger partial charge < -0.3 is 5.11 Å². The standard InChI is InChI=1S/C34H41BrN2O/c1-33-18-16-26(38)20-23(33)8-13-27-28-14-15-30(34(28,2)19-17-29(27)33)31-21-32(22-6-4-3-5-7-22)37(36-31)25-11-9-24(35)10-12-25/h3-12,26-30,32,38H,13-21H2,1-2H3/t26-,27-,28-,29-,30+,32?,33-,34-/m0/s1. The molecule has 0 aromatic heterocycles. The van der Waals surface area contributed by atoms with E-state index in [1.165, 1.54) is 55.5 Å². The highest BCUT2D eigenvalue weighted by molar-refractivity contribution is 9.10. The van der Waals surface area contributed by atoms with E-state index in [9.17, 15) is 5.11 Å². The van der Waals surface area contributed by atoms with E-state index in [2.05, 4.69) is 95.5 Å². The summed E-state index contributed by atoms with van der Waals surface area (Å²) in [5, 5.41) is 18.1. The quantitative estimate of drug-likeness (QED) is 0.373. The van der Waals surface area contributed by atoms with E-state index >= 15 is 0 Å². The third kappa shape index (κ3) is 3.88. The summed E-state index contributed by atoms with van der Waals surface area (Å²) in [7, 11) is 0. The number of aliphatic hydroxyl groups excluding tert-OH is 1. The van der Waals surface area contributed by atoms with Crippen molar-refractivity contribution in [2.75, 3.05) is 5.01 Å². The number of rotatable bonds is 3. The zero-order chi connectivity index (χ0) is 26.1. The lowest BCUT2D eigenvalue weighted by Gasteiger charge is -2.58. The van der Waals surface area contributed by atoms with Crippen LogP contribution in [0.2, 0.25) is 0 Å². The van der Waals surface area contributed by atoms with Crippen molar-refractivity contribution in [2.24, 2.45) is 39.6 Å². The van der Waals surface area contributed by atoms with Gasteiger partial charge >= 0.3 is 0 Å². The molecule has 2 aromatic rings. The number of hydrogen-bond donors (Lipinski definition) is 1. The molecule has 3 saturated carbocycles. The van der Waals surface area contributed by atoms with Crippen molar-refractivity contribution in [2.45, 2.75) is 83.8 Å². The lowest BCUT2D eigenvalue weighted by Crippen LogP contribution is -2.51. The summed E-state index contributed by atoms with van der Waals surface area (Å²) in [5.41, 5.74) is 6.19. The van der Waals surface area contributed by atoms with Crippen LogP contribution in [0.1, 0.15) is 83.2 Å². The molecule has 0 bridgehead atoms. The SMILES string of the molecule is C[C@]12CC[C@H]3[C@@H](CC=C4C[C@@H](O)CC[C@@]43C)[C@@H]1CC[C@@H]2C1=NN(c2ccc(Br)cc2)C(c2ccccc2)C1. The Balaban J connectivity index is 1.19. The molecule has 1 aliphatic heterocycles. The van der Waals surface area contributed by atoms with Crippen molar-refractivity contribution in [1.82, 2.24) is 0 Å². The summed E-state index contributed by atoms with van der Waals surface area (Å²) in [6.45, 7) is 5.16. The second-order valence-corrected chi connectivity index (χ2v) is 14.3. The maximum atomic E-state index is 10.4. The van der Waals surface area contributed by atoms with Gasteiger partial charge in [-0.2, -0.15) is 5.10 Å². The molecule has 200 valence electrons. The molecule has 1 heterocycles. The predicted molar refractivity (Wildman–Crippen MR) is 159 cm³/mol. The minimum absolute atomic E-state index is 0.123. The molecule has 3 nitrogen and oxygen atoms in total. The van der Waals surface area contributed by atoms with E-state index in [-0.39, 0.29) is 12.1 Å². The lowest BCUT2D eigenvalue weighted by atomic mass is 9.47. The van der Waals surface area contributed by atoms with Crippen LogP contribution in [0.4, 0.5) is 5.69 Å². The van der Waals surface area contributed by atoms with E-state index < -0.39 is 0 Å². The Labute approximate surface area is 236 Å². The summed E-state index contributed by atoms with van der Waals surface area (Å²) in [6, 6.07) is 19.9. The molecule has 1 N–H and O–H groups in total. The van der Waals surface area contributed by atoms with Gasteiger partial charge in [-0.1, -0.05) is 71.8 Å². The van der Waals surface area contributed by atoms with Gasteiger partial charge in [0, 0.05) is 22.5 Å². The third-order valence-electron chi connectivity index (χ3n) is 11.7. The number of nitrogens with zero attached hydrogens (tertiary/aromatic N) is 2. The first-order valence-corrected chi connectivity index (χ1v) is 15.7. The van der Waals surface area contributed by atoms with Crippen molar-refractivity contribution >= 4 is 27.3 Å². The van der Waals surface area contributed by atoms with Gasteiger partial charge in [0.1, 0.15) is 0 Å². The maximum absolute atomic E-state index is 10.4. The Bertz CT molecular complexity index is 1260. The Kier molecular flexibility index (Phi) is 6.16. The summed E-state index contributed by atoms with van der Waals surface area (Å²) in [4.78, 5) is 0. The number of anilines is 1. The number of halogens is 1. The Morgan fingerprint density at radius 3 is 2.47 bits per heavy atom. The van der Waals surface area contributed by atoms with Crippen LogP contribution >= 0.6 is 15.9 Å². The Morgan fingerprint density at radius 2 is 1.68 bits per heavy atom. The summed E-state index contributed by atoms with van der Waals surface area (Å²) in [5.74, 6) is 2.93. The molecule has 0 radical (unpaired) electrons. The van der Waals surface area contributed by atoms with E-state index in [4.69, 9.17) is 5.10 Å². The average Bonchev–Trinajstić information content (AvgIpc) is 3.51. The van der Waals surface area contributed by atoms with Crippen molar-refractivity contribution in [3.8, 4) is 0 Å². The number of fused-ring (bicyclic) bond motifs is 5. The fourth-order valence-electron chi connectivity index (χ4n) is 9.70. The number of hydrazone groups is 1. The van der Waals surface area contributed by atoms with Gasteiger partial charge in [0.05, 0.1) is 17.8 Å². The smallest absolute Gasteiger partial charge is 0.0828 e. The van der Waals surface area contributed by atoms with Crippen LogP contribution in [0, 0.1) is 34.5 Å². The summed E-state index contributed by atoms with van der Waals surface area (Å²) >= 11 is 3.61. The van der Waals surface area contributed by atoms with Gasteiger partial charge in [0.2, 0.25) is 0 Å². The van der Waals surface area contributed by atoms with Gasteiger partial charge in [-0.25, -0.2) is 0 Å². The van der Waals surface area contributed by atoms with Gasteiger partial charge in [-0.05, 0) is 110 Å². The monoisotopic (exact) mass is 572 g/mol. The molecular weight excluding hydrogens is 532 g/mol. The zero-order valence-electron chi connectivity index (χ0n) is 22.8. The average molecular weight is 574 g/mol. The molecule has 3 fully saturated rings. The molecule has 0 spiro atoms. The first kappa shape index (κ1) is 25.1. The highest BCUT2D eigenvalue weighted by Crippen LogP contribution is 2.67. The van der Waals surface area contributed by atoms with Crippen molar-refractivity contribution in [3.05, 3.63) is 76.3 Å². The first-order valence-electron chi connectivity index (χ1n) is 14.9. The molecule has 5 aliphatic rings. The minimum Gasteiger partial charge on any atom is -0.393 e. The fraction of sp³-hybridized carbons (Fsp3) is 0.559. The first-order chi connectivity index (χ1) is 18.4. The van der Waals surface area contributed by atoms with Crippen molar-refractivity contribution < 1.29 is 5.11 Å². The molecule has 7 rings (SSSR count). The van der Waals surface area contributed by atoms with Crippen LogP contribution < -0.4 is 5.01 Å². The molecule has 0 saturated heterocycles. The van der Waals surface area contributed by atoms with E-state index in [1.807, 2.05) is 0 Å². The van der Waals surface area contributed by atoms with Gasteiger partial charge in [-0.3, -0.25) is 5.01 Å². The second kappa shape index (κ2) is 9.34. The van der Waals surface area contributed by atoms with Gasteiger partial charge in [0.15, 0.2) is 0 Å². The molecule has 38 heavy (non-hydrogen) atoms. The number of hydrogen-bond acceptors (Lipinski definition) is 3. The number of allylic oxidation sites excluding steroid dienone is 1. The second-order valence-electron chi connectivity index (χ2n) is 13.4. The third-order valence-corrected chi connectivity index (χ3v) is 12.2. The van der Waals surface area contributed by atoms with Crippen LogP contribution in [0.25, 0.3) is 0 Å². The summed E-state index contributed by atoms with van der Waals surface area (Å²) in [6.07, 6.45) is 13.0. The maximum Gasteiger partial charge on any atom is 0.0828 e. The van der Waals surface area contributed by atoms with Gasteiger partial charge in [0.25, 0.3) is 0 Å².